The van der Waals surface area contributed by atoms with Gasteiger partial charge in [0.1, 0.15) is 5.82 Å². The van der Waals surface area contributed by atoms with Crippen molar-refractivity contribution in [3.63, 3.8) is 0 Å². The summed E-state index contributed by atoms with van der Waals surface area (Å²) in [4.78, 5) is 29.2. The van der Waals surface area contributed by atoms with Crippen LogP contribution in [0.4, 0.5) is 5.69 Å². The Balaban J connectivity index is 1.24. The van der Waals surface area contributed by atoms with Gasteiger partial charge in [-0.05, 0) is 96.8 Å². The van der Waals surface area contributed by atoms with Gasteiger partial charge in [0, 0.05) is 54.9 Å². The molecule has 3 heterocycles. The van der Waals surface area contributed by atoms with Crippen molar-refractivity contribution >= 4 is 11.6 Å². The summed E-state index contributed by atoms with van der Waals surface area (Å²) in [5.74, 6) is 1.13. The van der Waals surface area contributed by atoms with Gasteiger partial charge in [0.15, 0.2) is 0 Å². The van der Waals surface area contributed by atoms with Crippen LogP contribution in [-0.4, -0.2) is 45.4 Å². The molecule has 40 heavy (non-hydrogen) atoms. The summed E-state index contributed by atoms with van der Waals surface area (Å²) in [5.41, 5.74) is 7.01. The summed E-state index contributed by atoms with van der Waals surface area (Å²) in [7, 11) is 0. The van der Waals surface area contributed by atoms with E-state index < -0.39 is 0 Å². The number of likely N-dealkylation sites (tertiary alicyclic amines) is 1. The van der Waals surface area contributed by atoms with E-state index in [1.54, 1.807) is 18.6 Å². The predicted octanol–water partition coefficient (Wildman–Crippen LogP) is 6.92. The lowest BCUT2D eigenvalue weighted by Crippen LogP contribution is -2.39. The maximum Gasteiger partial charge on any atom is 0.255 e. The van der Waals surface area contributed by atoms with Crippen molar-refractivity contribution in [2.45, 2.75) is 52.9 Å². The van der Waals surface area contributed by atoms with Gasteiger partial charge in [-0.1, -0.05) is 39.0 Å². The molecule has 0 radical (unpaired) electrons. The molecule has 1 aliphatic heterocycles. The normalized spacial score (nSPS) is 16.1. The minimum absolute atomic E-state index is 0.118. The second-order valence-corrected chi connectivity index (χ2v) is 12.1. The van der Waals surface area contributed by atoms with Gasteiger partial charge in [-0.3, -0.25) is 9.78 Å². The molecule has 1 unspecified atom stereocenters. The van der Waals surface area contributed by atoms with Crippen LogP contribution < -0.4 is 5.32 Å². The Morgan fingerprint density at radius 2 is 1.88 bits per heavy atom. The molecule has 6 heteroatoms. The van der Waals surface area contributed by atoms with E-state index in [2.05, 4.69) is 60.0 Å². The Hall–Kier alpha value is -3.90. The van der Waals surface area contributed by atoms with Gasteiger partial charge in [0.25, 0.3) is 5.91 Å². The first-order valence-corrected chi connectivity index (χ1v) is 14.2. The summed E-state index contributed by atoms with van der Waals surface area (Å²) in [6, 6.07) is 20.0. The van der Waals surface area contributed by atoms with Crippen LogP contribution in [0.1, 0.15) is 72.4 Å². The van der Waals surface area contributed by atoms with E-state index in [0.29, 0.717) is 29.1 Å². The predicted molar refractivity (Wildman–Crippen MR) is 162 cm³/mol. The third-order valence-corrected chi connectivity index (χ3v) is 7.47. The van der Waals surface area contributed by atoms with E-state index in [-0.39, 0.29) is 5.91 Å². The average Bonchev–Trinajstić information content (AvgIpc) is 2.94. The molecule has 1 atom stereocenters. The van der Waals surface area contributed by atoms with E-state index in [9.17, 15) is 4.79 Å². The number of anilines is 1. The van der Waals surface area contributed by atoms with Crippen molar-refractivity contribution in [1.82, 2.24) is 19.9 Å². The second kappa shape index (κ2) is 12.1. The smallest absolute Gasteiger partial charge is 0.255 e. The molecule has 5 rings (SSSR count). The van der Waals surface area contributed by atoms with Crippen LogP contribution in [0.2, 0.25) is 0 Å². The molecule has 2 aromatic carbocycles. The van der Waals surface area contributed by atoms with E-state index in [1.807, 2.05) is 48.5 Å². The highest BCUT2D eigenvalue weighted by Crippen LogP contribution is 2.30. The molecule has 0 bridgehead atoms. The zero-order valence-electron chi connectivity index (χ0n) is 24.0. The molecule has 6 nitrogen and oxygen atoms in total. The van der Waals surface area contributed by atoms with Crippen molar-refractivity contribution in [1.29, 1.82) is 0 Å². The number of aryl methyl sites for hydroxylation is 1. The number of amides is 1. The zero-order chi connectivity index (χ0) is 28.1. The molecule has 0 aliphatic carbocycles. The third-order valence-electron chi connectivity index (χ3n) is 7.47. The Kier molecular flexibility index (Phi) is 8.36. The van der Waals surface area contributed by atoms with Gasteiger partial charge >= 0.3 is 0 Å². The molecular formula is C34H39N5O. The highest BCUT2D eigenvalue weighted by atomic mass is 16.1. The Morgan fingerprint density at radius 1 is 1.05 bits per heavy atom. The van der Waals surface area contributed by atoms with Crippen LogP contribution in [0.15, 0.2) is 79.3 Å². The topological polar surface area (TPSA) is 71.0 Å². The molecule has 1 fully saturated rings. The van der Waals surface area contributed by atoms with Gasteiger partial charge in [-0.25, -0.2) is 9.97 Å². The first kappa shape index (κ1) is 27.7. The lowest BCUT2D eigenvalue weighted by Gasteiger charge is -2.36. The van der Waals surface area contributed by atoms with Crippen LogP contribution >= 0.6 is 0 Å². The fourth-order valence-corrected chi connectivity index (χ4v) is 5.52. The van der Waals surface area contributed by atoms with Gasteiger partial charge in [0.2, 0.25) is 0 Å². The summed E-state index contributed by atoms with van der Waals surface area (Å²) < 4.78 is 0. The third kappa shape index (κ3) is 7.19. The SMILES string of the molecule is Cc1ccc(C(=O)Nc2ccc(C3CCCN(CC(C)(C)C)C3)cc2)cc1Cc1nccc(-c2cccnc2)n1. The number of carbonyl (C=O) groups is 1. The number of aromatic nitrogens is 3. The number of piperidine rings is 1. The molecule has 1 amide bonds. The van der Waals surface area contributed by atoms with Crippen LogP contribution in [0, 0.1) is 12.3 Å². The number of rotatable bonds is 7. The van der Waals surface area contributed by atoms with E-state index in [0.717, 1.165) is 41.2 Å². The summed E-state index contributed by atoms with van der Waals surface area (Å²) in [6.07, 6.45) is 8.31. The number of hydrogen-bond donors (Lipinski definition) is 1. The standard InChI is InChI=1S/C34H39N5O/c1-24-9-10-26(19-29(24)20-32-36-17-15-31(38-32)27-7-5-16-35-21-27)33(40)37-30-13-11-25(12-14-30)28-8-6-18-39(22-28)23-34(2,3)4/h5,7,9-17,19,21,28H,6,8,18,20,22-23H2,1-4H3,(H,37,40). The van der Waals surface area contributed by atoms with Gasteiger partial charge in [-0.15, -0.1) is 0 Å². The highest BCUT2D eigenvalue weighted by Gasteiger charge is 2.24. The van der Waals surface area contributed by atoms with Crippen LogP contribution in [-0.2, 0) is 6.42 Å². The second-order valence-electron chi connectivity index (χ2n) is 12.1. The van der Waals surface area contributed by atoms with Crippen LogP contribution in [0.25, 0.3) is 11.3 Å². The lowest BCUT2D eigenvalue weighted by molar-refractivity contribution is 0.102. The monoisotopic (exact) mass is 533 g/mol. The molecule has 2 aromatic heterocycles. The number of nitrogens with one attached hydrogen (secondary N) is 1. The van der Waals surface area contributed by atoms with Crippen molar-refractivity contribution in [3.8, 4) is 11.3 Å². The summed E-state index contributed by atoms with van der Waals surface area (Å²) in [6.45, 7) is 12.4. The maximum atomic E-state index is 13.2. The first-order valence-electron chi connectivity index (χ1n) is 14.2. The number of nitrogens with zero attached hydrogens (tertiary/aromatic N) is 4. The van der Waals surface area contributed by atoms with E-state index in [4.69, 9.17) is 4.98 Å². The zero-order valence-corrected chi connectivity index (χ0v) is 24.0. The molecular weight excluding hydrogens is 494 g/mol. The van der Waals surface area contributed by atoms with Gasteiger partial charge < -0.3 is 10.2 Å². The molecule has 206 valence electrons. The van der Waals surface area contributed by atoms with E-state index in [1.165, 1.54) is 24.9 Å². The Morgan fingerprint density at radius 3 is 2.62 bits per heavy atom. The molecule has 4 aromatic rings. The van der Waals surface area contributed by atoms with Gasteiger partial charge in [-0.2, -0.15) is 0 Å². The summed E-state index contributed by atoms with van der Waals surface area (Å²) in [5, 5.41) is 3.08. The van der Waals surface area contributed by atoms with E-state index >= 15 is 0 Å². The molecule has 1 aliphatic rings. The highest BCUT2D eigenvalue weighted by molar-refractivity contribution is 6.04. The largest absolute Gasteiger partial charge is 0.322 e. The van der Waals surface area contributed by atoms with Crippen molar-refractivity contribution in [2.75, 3.05) is 25.0 Å². The molecule has 1 N–H and O–H groups in total. The lowest BCUT2D eigenvalue weighted by atomic mass is 9.88. The molecule has 0 saturated carbocycles. The number of pyridine rings is 1. The number of hydrogen-bond acceptors (Lipinski definition) is 5. The fraction of sp³-hybridized carbons (Fsp3) is 0.353. The Bertz CT molecular complexity index is 1440. The first-order chi connectivity index (χ1) is 19.2. The molecule has 0 spiro atoms. The summed E-state index contributed by atoms with van der Waals surface area (Å²) >= 11 is 0. The fourth-order valence-electron chi connectivity index (χ4n) is 5.52. The van der Waals surface area contributed by atoms with Crippen molar-refractivity contribution < 1.29 is 4.79 Å². The van der Waals surface area contributed by atoms with Crippen LogP contribution in [0.5, 0.6) is 0 Å². The van der Waals surface area contributed by atoms with Gasteiger partial charge in [0.05, 0.1) is 5.69 Å². The quantitative estimate of drug-likeness (QED) is 0.279. The maximum absolute atomic E-state index is 13.2. The minimum Gasteiger partial charge on any atom is -0.322 e. The number of carbonyl (C=O) groups excluding carboxylic acids is 1. The molecule has 1 saturated heterocycles. The van der Waals surface area contributed by atoms with Crippen molar-refractivity contribution in [3.05, 3.63) is 107 Å². The van der Waals surface area contributed by atoms with Crippen molar-refractivity contribution in [2.24, 2.45) is 5.41 Å². The van der Waals surface area contributed by atoms with Crippen LogP contribution in [0.3, 0.4) is 0 Å². The minimum atomic E-state index is -0.118. The Labute approximate surface area is 237 Å². The average molecular weight is 534 g/mol. The number of benzene rings is 2.